The van der Waals surface area contributed by atoms with E-state index in [0.717, 1.165) is 25.9 Å². The van der Waals surface area contributed by atoms with Gasteiger partial charge in [0.1, 0.15) is 11.1 Å². The van der Waals surface area contributed by atoms with Crippen LogP contribution in [0.2, 0.25) is 0 Å². The van der Waals surface area contributed by atoms with E-state index in [-0.39, 0.29) is 30.1 Å². The fourth-order valence-electron chi connectivity index (χ4n) is 3.31. The molecule has 0 amide bonds. The molecule has 1 unspecified atom stereocenters. The lowest BCUT2D eigenvalue weighted by Gasteiger charge is -2.22. The molecule has 0 N–H and O–H groups in total. The van der Waals surface area contributed by atoms with Gasteiger partial charge in [-0.05, 0) is 31.4 Å². The van der Waals surface area contributed by atoms with Crippen molar-refractivity contribution in [1.29, 1.82) is 0 Å². The fourth-order valence-corrected chi connectivity index (χ4v) is 3.31. The Hall–Kier alpha value is -2.28. The first kappa shape index (κ1) is 15.3. The van der Waals surface area contributed by atoms with Gasteiger partial charge >= 0.3 is 5.97 Å². The predicted octanol–water partition coefficient (Wildman–Crippen LogP) is 1.29. The second-order valence-corrected chi connectivity index (χ2v) is 6.48. The van der Waals surface area contributed by atoms with Crippen LogP contribution in [0.25, 0.3) is 10.9 Å². The van der Waals surface area contributed by atoms with Crippen LogP contribution in [0, 0.1) is 5.92 Å². The third-order valence-electron chi connectivity index (χ3n) is 4.89. The number of ether oxygens (including phenoxy) is 2. The van der Waals surface area contributed by atoms with Crippen molar-refractivity contribution in [3.8, 4) is 0 Å². The van der Waals surface area contributed by atoms with Crippen molar-refractivity contribution in [3.05, 3.63) is 34.6 Å². The van der Waals surface area contributed by atoms with E-state index in [2.05, 4.69) is 10.3 Å². The number of aromatic nitrogens is 3. The minimum absolute atomic E-state index is 0.113. The molecule has 1 saturated heterocycles. The second-order valence-electron chi connectivity index (χ2n) is 6.48. The maximum atomic E-state index is 12.3. The van der Waals surface area contributed by atoms with Crippen molar-refractivity contribution < 1.29 is 14.3 Å². The molecule has 2 fully saturated rings. The molecule has 0 bridgehead atoms. The highest BCUT2D eigenvalue weighted by Gasteiger charge is 2.54. The summed E-state index contributed by atoms with van der Waals surface area (Å²) in [6.07, 6.45) is 2.87. The molecular formula is C17H19N3O4. The third kappa shape index (κ3) is 2.80. The molecule has 1 aromatic heterocycles. The van der Waals surface area contributed by atoms with Gasteiger partial charge in [-0.25, -0.2) is 4.68 Å². The van der Waals surface area contributed by atoms with Gasteiger partial charge in [0.15, 0.2) is 0 Å². The van der Waals surface area contributed by atoms with Crippen molar-refractivity contribution in [3.63, 3.8) is 0 Å². The van der Waals surface area contributed by atoms with E-state index in [1.807, 2.05) is 0 Å². The standard InChI is InChI=1S/C17H19N3O4/c21-15(24-17(7-8-17)12-6-10-23-11-12)5-9-20-16(22)13-3-1-2-4-14(13)18-19-20/h1-4,12H,5-11H2. The molecule has 4 rings (SSSR count). The Morgan fingerprint density at radius 2 is 2.21 bits per heavy atom. The van der Waals surface area contributed by atoms with Gasteiger partial charge in [0.25, 0.3) is 5.56 Å². The largest absolute Gasteiger partial charge is 0.459 e. The molecule has 1 saturated carbocycles. The van der Waals surface area contributed by atoms with E-state index < -0.39 is 0 Å². The molecule has 1 atom stereocenters. The van der Waals surface area contributed by atoms with Gasteiger partial charge in [0.05, 0.1) is 25.0 Å². The van der Waals surface area contributed by atoms with Crippen molar-refractivity contribution in [2.45, 2.75) is 37.8 Å². The molecular weight excluding hydrogens is 310 g/mol. The number of rotatable bonds is 5. The van der Waals surface area contributed by atoms with Crippen molar-refractivity contribution >= 4 is 16.9 Å². The molecule has 2 aliphatic rings. The van der Waals surface area contributed by atoms with Gasteiger partial charge in [-0.3, -0.25) is 9.59 Å². The van der Waals surface area contributed by atoms with Crippen molar-refractivity contribution in [1.82, 2.24) is 15.0 Å². The van der Waals surface area contributed by atoms with Crippen LogP contribution in [0.4, 0.5) is 0 Å². The Kier molecular flexibility index (Phi) is 3.80. The summed E-state index contributed by atoms with van der Waals surface area (Å²) >= 11 is 0. The number of nitrogens with zero attached hydrogens (tertiary/aromatic N) is 3. The summed E-state index contributed by atoms with van der Waals surface area (Å²) in [7, 11) is 0. The quantitative estimate of drug-likeness (QED) is 0.769. The van der Waals surface area contributed by atoms with E-state index in [4.69, 9.17) is 9.47 Å². The average molecular weight is 329 g/mol. The molecule has 2 aromatic rings. The normalized spacial score (nSPS) is 21.8. The van der Waals surface area contributed by atoms with Crippen LogP contribution in [0.5, 0.6) is 0 Å². The number of hydrogen-bond donors (Lipinski definition) is 0. The maximum Gasteiger partial charge on any atom is 0.308 e. The molecule has 1 aliphatic carbocycles. The Bertz CT molecular complexity index is 822. The van der Waals surface area contributed by atoms with Crippen LogP contribution in [0.3, 0.4) is 0 Å². The molecule has 7 nitrogen and oxygen atoms in total. The number of esters is 1. The summed E-state index contributed by atoms with van der Waals surface area (Å²) in [5.74, 6) is 0.0193. The predicted molar refractivity (Wildman–Crippen MR) is 85.4 cm³/mol. The zero-order valence-electron chi connectivity index (χ0n) is 13.3. The van der Waals surface area contributed by atoms with E-state index in [1.165, 1.54) is 4.68 Å². The summed E-state index contributed by atoms with van der Waals surface area (Å²) in [6.45, 7) is 1.58. The molecule has 1 aromatic carbocycles. The number of carbonyl (C=O) groups is 1. The lowest BCUT2D eigenvalue weighted by molar-refractivity contribution is -0.155. The van der Waals surface area contributed by atoms with Gasteiger partial charge in [-0.1, -0.05) is 17.3 Å². The summed E-state index contributed by atoms with van der Waals surface area (Å²) < 4.78 is 12.3. The zero-order valence-corrected chi connectivity index (χ0v) is 13.3. The SMILES string of the molecule is O=C(CCn1nnc2ccccc2c1=O)OC1(C2CCOC2)CC1. The Morgan fingerprint density at radius 1 is 1.38 bits per heavy atom. The summed E-state index contributed by atoms with van der Waals surface area (Å²) in [6, 6.07) is 7.04. The first-order valence-corrected chi connectivity index (χ1v) is 8.30. The second kappa shape index (κ2) is 5.98. The monoisotopic (exact) mass is 329 g/mol. The number of hydrogen-bond acceptors (Lipinski definition) is 6. The maximum absolute atomic E-state index is 12.3. The first-order chi connectivity index (χ1) is 11.7. The lowest BCUT2D eigenvalue weighted by Crippen LogP contribution is -2.31. The fraction of sp³-hybridized carbons (Fsp3) is 0.529. The van der Waals surface area contributed by atoms with Crippen LogP contribution >= 0.6 is 0 Å². The molecule has 1 aliphatic heterocycles. The zero-order chi connectivity index (χ0) is 16.6. The Labute approximate surface area is 138 Å². The van der Waals surface area contributed by atoms with E-state index in [9.17, 15) is 9.59 Å². The average Bonchev–Trinajstić information content (AvgIpc) is 3.15. The van der Waals surface area contributed by atoms with Crippen LogP contribution < -0.4 is 5.56 Å². The van der Waals surface area contributed by atoms with Crippen LogP contribution in [-0.4, -0.2) is 39.8 Å². The minimum Gasteiger partial charge on any atom is -0.459 e. The number of carbonyl (C=O) groups excluding carboxylic acids is 1. The number of aryl methyl sites for hydroxylation is 1. The molecule has 0 spiro atoms. The Morgan fingerprint density at radius 3 is 2.96 bits per heavy atom. The first-order valence-electron chi connectivity index (χ1n) is 8.30. The van der Waals surface area contributed by atoms with Crippen LogP contribution in [0.1, 0.15) is 25.7 Å². The van der Waals surface area contributed by atoms with Crippen molar-refractivity contribution in [2.24, 2.45) is 5.92 Å². The number of benzene rings is 1. The Balaban J connectivity index is 1.41. The summed E-state index contributed by atoms with van der Waals surface area (Å²) in [4.78, 5) is 24.5. The van der Waals surface area contributed by atoms with Gasteiger partial charge in [0.2, 0.25) is 0 Å². The van der Waals surface area contributed by atoms with Crippen molar-refractivity contribution in [2.75, 3.05) is 13.2 Å². The molecule has 2 heterocycles. The molecule has 24 heavy (non-hydrogen) atoms. The summed E-state index contributed by atoms with van der Waals surface area (Å²) in [5, 5.41) is 8.41. The van der Waals surface area contributed by atoms with E-state index in [1.54, 1.807) is 24.3 Å². The summed E-state index contributed by atoms with van der Waals surface area (Å²) in [5.41, 5.74) is -0.00799. The number of fused-ring (bicyclic) bond motifs is 1. The lowest BCUT2D eigenvalue weighted by atomic mass is 9.99. The smallest absolute Gasteiger partial charge is 0.308 e. The minimum atomic E-state index is -0.326. The highest BCUT2D eigenvalue weighted by atomic mass is 16.6. The highest BCUT2D eigenvalue weighted by Crippen LogP contribution is 2.49. The molecule has 7 heteroatoms. The molecule has 0 radical (unpaired) electrons. The van der Waals surface area contributed by atoms with E-state index in [0.29, 0.717) is 23.4 Å². The van der Waals surface area contributed by atoms with Crippen LogP contribution in [0.15, 0.2) is 29.1 Å². The van der Waals surface area contributed by atoms with Gasteiger partial charge in [-0.2, -0.15) is 0 Å². The highest BCUT2D eigenvalue weighted by molar-refractivity contribution is 5.76. The van der Waals surface area contributed by atoms with Gasteiger partial charge in [0, 0.05) is 12.5 Å². The van der Waals surface area contributed by atoms with Crippen LogP contribution in [-0.2, 0) is 20.8 Å². The van der Waals surface area contributed by atoms with Gasteiger partial charge < -0.3 is 9.47 Å². The topological polar surface area (TPSA) is 83.3 Å². The van der Waals surface area contributed by atoms with E-state index >= 15 is 0 Å². The van der Waals surface area contributed by atoms with Gasteiger partial charge in [-0.15, -0.1) is 5.10 Å². The molecule has 126 valence electrons. The third-order valence-corrected chi connectivity index (χ3v) is 4.89.